The third-order valence-corrected chi connectivity index (χ3v) is 5.79. The van der Waals surface area contributed by atoms with Crippen molar-refractivity contribution in [1.29, 1.82) is 0 Å². The topological polar surface area (TPSA) is 67.9 Å². The molecule has 0 saturated heterocycles. The standard InChI is InChI=1S/C22H32N2O4/c1-4-18-14-24(19-12-15(3)6-11-20(19)28-18)22(26)23-13-16-7-9-17(10-8-16)21(25)27-5-2/h6,11-12,16-18H,4-5,7-10,13-14H2,1-3H3,(H,23,26)/t16?,17?,18-/m0/s1. The summed E-state index contributed by atoms with van der Waals surface area (Å²) in [7, 11) is 0. The number of carbonyl (C=O) groups is 2. The van der Waals surface area contributed by atoms with Gasteiger partial charge in [-0.05, 0) is 69.6 Å². The number of amides is 2. The van der Waals surface area contributed by atoms with E-state index in [1.807, 2.05) is 36.9 Å². The number of hydrogen-bond acceptors (Lipinski definition) is 4. The van der Waals surface area contributed by atoms with Crippen molar-refractivity contribution in [2.24, 2.45) is 11.8 Å². The Morgan fingerprint density at radius 3 is 2.64 bits per heavy atom. The second kappa shape index (κ2) is 9.30. The summed E-state index contributed by atoms with van der Waals surface area (Å²) in [4.78, 5) is 26.6. The van der Waals surface area contributed by atoms with Crippen LogP contribution in [0, 0.1) is 18.8 Å². The molecule has 1 aliphatic carbocycles. The van der Waals surface area contributed by atoms with Crippen molar-refractivity contribution < 1.29 is 19.1 Å². The number of nitrogens with zero attached hydrogens (tertiary/aromatic N) is 1. The minimum absolute atomic E-state index is 0.0148. The zero-order chi connectivity index (χ0) is 20.1. The van der Waals surface area contributed by atoms with Crippen molar-refractivity contribution in [2.45, 2.75) is 59.0 Å². The second-order valence-electron chi connectivity index (χ2n) is 7.89. The largest absolute Gasteiger partial charge is 0.486 e. The average molecular weight is 389 g/mol. The third kappa shape index (κ3) is 4.78. The number of fused-ring (bicyclic) bond motifs is 1. The van der Waals surface area contributed by atoms with Gasteiger partial charge in [0.2, 0.25) is 0 Å². The SMILES string of the molecule is CCOC(=O)C1CCC(CNC(=O)N2C[C@H](CC)Oc3ccc(C)cc32)CC1. The molecular formula is C22H32N2O4. The lowest BCUT2D eigenvalue weighted by Gasteiger charge is -2.35. The lowest BCUT2D eigenvalue weighted by Crippen LogP contribution is -2.49. The van der Waals surface area contributed by atoms with E-state index in [-0.39, 0.29) is 24.0 Å². The van der Waals surface area contributed by atoms with E-state index in [0.717, 1.165) is 49.1 Å². The van der Waals surface area contributed by atoms with Crippen LogP contribution in [0.2, 0.25) is 0 Å². The number of urea groups is 1. The van der Waals surface area contributed by atoms with Crippen molar-refractivity contribution in [1.82, 2.24) is 5.32 Å². The first-order valence-electron chi connectivity index (χ1n) is 10.5. The molecule has 1 aromatic rings. The molecule has 1 N–H and O–H groups in total. The summed E-state index contributed by atoms with van der Waals surface area (Å²) in [5.74, 6) is 1.13. The van der Waals surface area contributed by atoms with Crippen LogP contribution in [0.25, 0.3) is 0 Å². The van der Waals surface area contributed by atoms with Gasteiger partial charge >= 0.3 is 12.0 Å². The van der Waals surface area contributed by atoms with Gasteiger partial charge in [0.15, 0.2) is 0 Å². The van der Waals surface area contributed by atoms with Gasteiger partial charge in [-0.2, -0.15) is 0 Å². The number of ether oxygens (including phenoxy) is 2. The fourth-order valence-electron chi connectivity index (χ4n) is 4.05. The fourth-order valence-corrected chi connectivity index (χ4v) is 4.05. The number of aryl methyl sites for hydroxylation is 1. The van der Waals surface area contributed by atoms with Crippen LogP contribution in [0.4, 0.5) is 10.5 Å². The predicted molar refractivity (Wildman–Crippen MR) is 109 cm³/mol. The van der Waals surface area contributed by atoms with Gasteiger partial charge in [-0.15, -0.1) is 0 Å². The van der Waals surface area contributed by atoms with E-state index in [0.29, 0.717) is 25.6 Å². The van der Waals surface area contributed by atoms with Crippen LogP contribution in [-0.4, -0.2) is 37.8 Å². The molecule has 28 heavy (non-hydrogen) atoms. The Morgan fingerprint density at radius 2 is 1.96 bits per heavy atom. The minimum Gasteiger partial charge on any atom is -0.486 e. The van der Waals surface area contributed by atoms with Gasteiger partial charge in [0, 0.05) is 6.54 Å². The Hall–Kier alpha value is -2.24. The molecule has 2 aliphatic rings. The fraction of sp³-hybridized carbons (Fsp3) is 0.636. The summed E-state index contributed by atoms with van der Waals surface area (Å²) in [5, 5.41) is 3.11. The van der Waals surface area contributed by atoms with Gasteiger partial charge in [0.25, 0.3) is 0 Å². The molecule has 1 aromatic carbocycles. The molecule has 1 atom stereocenters. The highest BCUT2D eigenvalue weighted by molar-refractivity contribution is 5.94. The summed E-state index contributed by atoms with van der Waals surface area (Å²) in [6, 6.07) is 5.89. The maximum absolute atomic E-state index is 12.9. The number of rotatable bonds is 5. The predicted octanol–water partition coefficient (Wildman–Crippen LogP) is 4.05. The Kier molecular flexibility index (Phi) is 6.81. The summed E-state index contributed by atoms with van der Waals surface area (Å²) in [6.45, 7) is 7.58. The third-order valence-electron chi connectivity index (χ3n) is 5.79. The van der Waals surface area contributed by atoms with Crippen molar-refractivity contribution in [3.63, 3.8) is 0 Å². The quantitative estimate of drug-likeness (QED) is 0.773. The molecule has 2 amide bonds. The Labute approximate surface area is 167 Å². The molecule has 6 heteroatoms. The van der Waals surface area contributed by atoms with Crippen LogP contribution in [0.5, 0.6) is 5.75 Å². The molecule has 0 spiro atoms. The lowest BCUT2D eigenvalue weighted by atomic mass is 9.82. The number of nitrogens with one attached hydrogen (secondary N) is 1. The zero-order valence-electron chi connectivity index (χ0n) is 17.2. The normalized spacial score (nSPS) is 24.1. The smallest absolute Gasteiger partial charge is 0.322 e. The van der Waals surface area contributed by atoms with E-state index in [2.05, 4.69) is 12.2 Å². The summed E-state index contributed by atoms with van der Waals surface area (Å²) in [5.41, 5.74) is 1.95. The summed E-state index contributed by atoms with van der Waals surface area (Å²) >= 11 is 0. The molecule has 0 bridgehead atoms. The molecule has 6 nitrogen and oxygen atoms in total. The Morgan fingerprint density at radius 1 is 1.21 bits per heavy atom. The van der Waals surface area contributed by atoms with Gasteiger partial charge < -0.3 is 14.8 Å². The van der Waals surface area contributed by atoms with Crippen molar-refractivity contribution in [3.05, 3.63) is 23.8 Å². The highest BCUT2D eigenvalue weighted by atomic mass is 16.5. The average Bonchev–Trinajstić information content (AvgIpc) is 2.71. The molecule has 1 heterocycles. The molecule has 1 fully saturated rings. The van der Waals surface area contributed by atoms with Crippen LogP contribution in [-0.2, 0) is 9.53 Å². The highest BCUT2D eigenvalue weighted by Crippen LogP contribution is 2.35. The van der Waals surface area contributed by atoms with Gasteiger partial charge in [-0.1, -0.05) is 13.0 Å². The van der Waals surface area contributed by atoms with Crippen LogP contribution in [0.15, 0.2) is 18.2 Å². The first-order valence-corrected chi connectivity index (χ1v) is 10.5. The van der Waals surface area contributed by atoms with Crippen molar-refractivity contribution in [3.8, 4) is 5.75 Å². The van der Waals surface area contributed by atoms with E-state index in [4.69, 9.17) is 9.47 Å². The monoisotopic (exact) mass is 388 g/mol. The summed E-state index contributed by atoms with van der Waals surface area (Å²) < 4.78 is 11.1. The van der Waals surface area contributed by atoms with Gasteiger partial charge in [-0.25, -0.2) is 4.79 Å². The van der Waals surface area contributed by atoms with E-state index >= 15 is 0 Å². The van der Waals surface area contributed by atoms with Crippen LogP contribution >= 0.6 is 0 Å². The zero-order valence-corrected chi connectivity index (χ0v) is 17.2. The molecule has 0 radical (unpaired) electrons. The second-order valence-corrected chi connectivity index (χ2v) is 7.89. The maximum Gasteiger partial charge on any atom is 0.322 e. The number of esters is 1. The number of carbonyl (C=O) groups excluding carboxylic acids is 2. The number of hydrogen-bond donors (Lipinski definition) is 1. The molecule has 0 unspecified atom stereocenters. The van der Waals surface area contributed by atoms with Crippen molar-refractivity contribution >= 4 is 17.7 Å². The molecule has 1 aliphatic heterocycles. The maximum atomic E-state index is 12.9. The lowest BCUT2D eigenvalue weighted by molar-refractivity contribution is -0.149. The summed E-state index contributed by atoms with van der Waals surface area (Å²) in [6.07, 6.45) is 4.45. The van der Waals surface area contributed by atoms with Crippen LogP contribution in [0.3, 0.4) is 0 Å². The Balaban J connectivity index is 1.55. The minimum atomic E-state index is -0.0733. The molecule has 0 aromatic heterocycles. The molecule has 3 rings (SSSR count). The molecular weight excluding hydrogens is 356 g/mol. The van der Waals surface area contributed by atoms with E-state index < -0.39 is 0 Å². The molecule has 154 valence electrons. The van der Waals surface area contributed by atoms with E-state index in [1.165, 1.54) is 0 Å². The van der Waals surface area contributed by atoms with E-state index in [1.54, 1.807) is 0 Å². The molecule has 1 saturated carbocycles. The number of anilines is 1. The Bertz CT molecular complexity index is 698. The van der Waals surface area contributed by atoms with Gasteiger partial charge in [0.05, 0.1) is 24.8 Å². The van der Waals surface area contributed by atoms with E-state index in [9.17, 15) is 9.59 Å². The first kappa shape index (κ1) is 20.5. The van der Waals surface area contributed by atoms with Crippen LogP contribution in [0.1, 0.15) is 51.5 Å². The van der Waals surface area contributed by atoms with Gasteiger partial charge in [-0.3, -0.25) is 9.69 Å². The van der Waals surface area contributed by atoms with Gasteiger partial charge in [0.1, 0.15) is 11.9 Å². The van der Waals surface area contributed by atoms with Crippen molar-refractivity contribution in [2.75, 3.05) is 24.6 Å². The number of benzene rings is 1. The van der Waals surface area contributed by atoms with Crippen LogP contribution < -0.4 is 15.0 Å². The highest BCUT2D eigenvalue weighted by Gasteiger charge is 2.31. The first-order chi connectivity index (χ1) is 13.5.